The van der Waals surface area contributed by atoms with Crippen LogP contribution >= 0.6 is 11.3 Å². The van der Waals surface area contributed by atoms with E-state index in [9.17, 15) is 14.4 Å². The van der Waals surface area contributed by atoms with Gasteiger partial charge in [0.05, 0.1) is 17.7 Å². The topological polar surface area (TPSA) is 125 Å². The van der Waals surface area contributed by atoms with Crippen LogP contribution in [0.2, 0.25) is 0 Å². The highest BCUT2D eigenvalue weighted by molar-refractivity contribution is 7.20. The van der Waals surface area contributed by atoms with Crippen LogP contribution in [0.4, 0.5) is 5.00 Å². The molecule has 4 aromatic rings. The molecule has 1 amide bonds. The lowest BCUT2D eigenvalue weighted by atomic mass is 10.1. The van der Waals surface area contributed by atoms with E-state index in [2.05, 4.69) is 20.4 Å². The number of hydrogen-bond donors (Lipinski definition) is 1. The number of carbonyl (C=O) groups excluding carboxylic acids is 3. The summed E-state index contributed by atoms with van der Waals surface area (Å²) in [6, 6.07) is 14.2. The third kappa shape index (κ3) is 5.58. The lowest BCUT2D eigenvalue weighted by Gasteiger charge is -2.13. The maximum Gasteiger partial charge on any atom is 0.341 e. The number of carbonyl (C=O) groups is 3. The number of nitrogens with zero attached hydrogens (tertiary/aromatic N) is 4. The number of rotatable bonds is 8. The Labute approximate surface area is 204 Å². The number of benzene rings is 1. The number of nitrogens with one attached hydrogen (secondary N) is 1. The Morgan fingerprint density at radius 1 is 1.11 bits per heavy atom. The predicted octanol–water partition coefficient (Wildman–Crippen LogP) is 3.75. The third-order valence-corrected chi connectivity index (χ3v) is 5.91. The van der Waals surface area contributed by atoms with Gasteiger partial charge in [0.15, 0.2) is 11.9 Å². The molecule has 10 nitrogen and oxygen atoms in total. The molecule has 0 bridgehead atoms. The molecule has 0 radical (unpaired) electrons. The fraction of sp³-hybridized carbons (Fsp3) is 0.167. The highest BCUT2D eigenvalue weighted by atomic mass is 32.1. The first-order valence-electron chi connectivity index (χ1n) is 10.7. The standard InChI is InChI=1S/C24H21N5O5S/c1-3-33-24(32)18-11-19(16-7-5-4-6-8-16)35-22(18)28-21(30)15(2)34-23(31)17-9-10-20(26-12-17)29-14-25-13-27-29/h4-15H,3H2,1-2H3,(H,28,30)/t15-/m0/s1. The molecule has 3 heterocycles. The summed E-state index contributed by atoms with van der Waals surface area (Å²) in [6.07, 6.45) is 3.04. The van der Waals surface area contributed by atoms with E-state index in [1.54, 1.807) is 19.1 Å². The van der Waals surface area contributed by atoms with Crippen molar-refractivity contribution in [3.05, 3.63) is 78.5 Å². The summed E-state index contributed by atoms with van der Waals surface area (Å²) in [4.78, 5) is 46.6. The van der Waals surface area contributed by atoms with Crippen molar-refractivity contribution in [3.8, 4) is 16.3 Å². The van der Waals surface area contributed by atoms with E-state index in [0.29, 0.717) is 10.8 Å². The first kappa shape index (κ1) is 23.8. The third-order valence-electron chi connectivity index (χ3n) is 4.81. The Hall–Kier alpha value is -4.38. The zero-order chi connectivity index (χ0) is 24.8. The maximum atomic E-state index is 12.8. The lowest BCUT2D eigenvalue weighted by molar-refractivity contribution is -0.123. The molecular weight excluding hydrogens is 470 g/mol. The Kier molecular flexibility index (Phi) is 7.27. The average molecular weight is 492 g/mol. The molecule has 0 saturated heterocycles. The summed E-state index contributed by atoms with van der Waals surface area (Å²) in [5.41, 5.74) is 1.29. The molecule has 0 aliphatic rings. The summed E-state index contributed by atoms with van der Waals surface area (Å²) in [5.74, 6) is -1.38. The van der Waals surface area contributed by atoms with E-state index >= 15 is 0 Å². The van der Waals surface area contributed by atoms with Crippen molar-refractivity contribution < 1.29 is 23.9 Å². The number of ether oxygens (including phenoxy) is 2. The lowest BCUT2D eigenvalue weighted by Crippen LogP contribution is -2.30. The predicted molar refractivity (Wildman–Crippen MR) is 128 cm³/mol. The molecule has 0 saturated carbocycles. The molecule has 4 rings (SSSR count). The van der Waals surface area contributed by atoms with Gasteiger partial charge in [-0.2, -0.15) is 5.10 Å². The van der Waals surface area contributed by atoms with E-state index in [1.807, 2.05) is 30.3 Å². The zero-order valence-corrected chi connectivity index (χ0v) is 19.7. The van der Waals surface area contributed by atoms with Crippen LogP contribution in [0.15, 0.2) is 67.4 Å². The number of hydrogen-bond acceptors (Lipinski definition) is 9. The largest absolute Gasteiger partial charge is 0.462 e. The fourth-order valence-electron chi connectivity index (χ4n) is 3.05. The van der Waals surface area contributed by atoms with E-state index in [0.717, 1.165) is 10.4 Å². The highest BCUT2D eigenvalue weighted by Gasteiger charge is 2.24. The van der Waals surface area contributed by atoms with Gasteiger partial charge in [-0.1, -0.05) is 30.3 Å². The van der Waals surface area contributed by atoms with Gasteiger partial charge in [0.1, 0.15) is 17.7 Å². The van der Waals surface area contributed by atoms with Crippen molar-refractivity contribution in [1.29, 1.82) is 0 Å². The van der Waals surface area contributed by atoms with Gasteiger partial charge in [-0.25, -0.2) is 24.2 Å². The molecule has 178 valence electrons. The van der Waals surface area contributed by atoms with Crippen LogP contribution in [-0.2, 0) is 14.3 Å². The molecule has 11 heteroatoms. The maximum absolute atomic E-state index is 12.8. The SMILES string of the molecule is CCOC(=O)c1cc(-c2ccccc2)sc1NC(=O)[C@H](C)OC(=O)c1ccc(-n2cncn2)nc1. The van der Waals surface area contributed by atoms with Gasteiger partial charge in [-0.15, -0.1) is 11.3 Å². The molecule has 35 heavy (non-hydrogen) atoms. The average Bonchev–Trinajstić information content (AvgIpc) is 3.55. The molecule has 0 aliphatic heterocycles. The molecule has 1 N–H and O–H groups in total. The first-order chi connectivity index (χ1) is 17.0. The zero-order valence-electron chi connectivity index (χ0n) is 18.9. The van der Waals surface area contributed by atoms with E-state index in [-0.39, 0.29) is 17.7 Å². The summed E-state index contributed by atoms with van der Waals surface area (Å²) in [7, 11) is 0. The van der Waals surface area contributed by atoms with Crippen LogP contribution < -0.4 is 5.32 Å². The van der Waals surface area contributed by atoms with Gasteiger partial charge < -0.3 is 14.8 Å². The van der Waals surface area contributed by atoms with Gasteiger partial charge in [-0.05, 0) is 37.6 Å². The fourth-order valence-corrected chi connectivity index (χ4v) is 4.11. The molecular formula is C24H21N5O5S. The smallest absolute Gasteiger partial charge is 0.341 e. The summed E-state index contributed by atoms with van der Waals surface area (Å²) < 4.78 is 11.9. The van der Waals surface area contributed by atoms with Crippen molar-refractivity contribution in [2.45, 2.75) is 20.0 Å². The molecule has 1 atom stereocenters. The van der Waals surface area contributed by atoms with Crippen LogP contribution in [-0.4, -0.2) is 50.3 Å². The van der Waals surface area contributed by atoms with Crippen molar-refractivity contribution in [3.63, 3.8) is 0 Å². The quantitative estimate of drug-likeness (QED) is 0.370. The van der Waals surface area contributed by atoms with Gasteiger partial charge in [0.25, 0.3) is 5.91 Å². The van der Waals surface area contributed by atoms with Crippen LogP contribution in [0.5, 0.6) is 0 Å². The minimum absolute atomic E-state index is 0.170. The van der Waals surface area contributed by atoms with Crippen molar-refractivity contribution in [2.75, 3.05) is 11.9 Å². The summed E-state index contributed by atoms with van der Waals surface area (Å²) >= 11 is 1.23. The number of pyridine rings is 1. The Morgan fingerprint density at radius 2 is 1.91 bits per heavy atom. The van der Waals surface area contributed by atoms with Gasteiger partial charge in [0, 0.05) is 11.1 Å². The van der Waals surface area contributed by atoms with Crippen molar-refractivity contribution in [2.24, 2.45) is 0 Å². The van der Waals surface area contributed by atoms with E-state index < -0.39 is 23.9 Å². The Morgan fingerprint density at radius 3 is 2.57 bits per heavy atom. The summed E-state index contributed by atoms with van der Waals surface area (Å²) in [6.45, 7) is 3.34. The van der Waals surface area contributed by atoms with Crippen LogP contribution in [0.3, 0.4) is 0 Å². The minimum Gasteiger partial charge on any atom is -0.462 e. The highest BCUT2D eigenvalue weighted by Crippen LogP contribution is 2.36. The van der Waals surface area contributed by atoms with Crippen LogP contribution in [0.1, 0.15) is 34.6 Å². The van der Waals surface area contributed by atoms with Gasteiger partial charge >= 0.3 is 11.9 Å². The second kappa shape index (κ2) is 10.7. The number of anilines is 1. The molecule has 0 spiro atoms. The monoisotopic (exact) mass is 491 g/mol. The molecule has 0 fully saturated rings. The Bertz CT molecular complexity index is 1320. The van der Waals surface area contributed by atoms with E-state index in [4.69, 9.17) is 9.47 Å². The number of amides is 1. The number of aromatic nitrogens is 4. The minimum atomic E-state index is -1.13. The molecule has 0 aliphatic carbocycles. The van der Waals surface area contributed by atoms with Crippen LogP contribution in [0, 0.1) is 0 Å². The molecule has 1 aromatic carbocycles. The molecule has 0 unspecified atom stereocenters. The molecule has 3 aromatic heterocycles. The van der Waals surface area contributed by atoms with Crippen molar-refractivity contribution in [1.82, 2.24) is 19.7 Å². The van der Waals surface area contributed by atoms with Crippen molar-refractivity contribution >= 4 is 34.2 Å². The second-order valence-electron chi connectivity index (χ2n) is 7.22. The number of thiophene rings is 1. The van der Waals surface area contributed by atoms with E-state index in [1.165, 1.54) is 47.9 Å². The van der Waals surface area contributed by atoms with Gasteiger partial charge in [0.2, 0.25) is 0 Å². The normalized spacial score (nSPS) is 11.5. The second-order valence-corrected chi connectivity index (χ2v) is 8.27. The first-order valence-corrected chi connectivity index (χ1v) is 11.5. The number of esters is 2. The summed E-state index contributed by atoms with van der Waals surface area (Å²) in [5, 5.41) is 6.97. The van der Waals surface area contributed by atoms with Crippen LogP contribution in [0.25, 0.3) is 16.3 Å². The van der Waals surface area contributed by atoms with Gasteiger partial charge in [-0.3, -0.25) is 4.79 Å². The Balaban J connectivity index is 1.46.